The largest absolute Gasteiger partial charge is 0.324 e. The molecule has 0 aliphatic rings. The Morgan fingerprint density at radius 2 is 2.07 bits per heavy atom. The summed E-state index contributed by atoms with van der Waals surface area (Å²) < 4.78 is 2.05. The fourth-order valence-electron chi connectivity index (χ4n) is 3.11. The van der Waals surface area contributed by atoms with E-state index in [2.05, 4.69) is 20.5 Å². The second kappa shape index (κ2) is 8.25. The highest BCUT2D eigenvalue weighted by molar-refractivity contribution is 7.99. The molecule has 0 spiro atoms. The number of benzene rings is 2. The van der Waals surface area contributed by atoms with Gasteiger partial charge in [-0.1, -0.05) is 41.6 Å². The van der Waals surface area contributed by atoms with Crippen LogP contribution in [-0.4, -0.2) is 36.3 Å². The quantitative estimate of drug-likeness (QED) is 0.269. The van der Waals surface area contributed by atoms with Crippen LogP contribution in [0.15, 0.2) is 47.6 Å². The molecule has 0 radical (unpaired) electrons. The number of nitrogens with one attached hydrogen (secondary N) is 1. The average Bonchev–Trinajstić information content (AvgIpc) is 3.06. The third-order valence-corrected chi connectivity index (χ3v) is 5.61. The number of nitro groups is 1. The van der Waals surface area contributed by atoms with Crippen molar-refractivity contribution in [2.75, 3.05) is 11.1 Å². The maximum absolute atomic E-state index is 12.3. The third kappa shape index (κ3) is 3.79. The molecule has 0 bridgehead atoms. The van der Waals surface area contributed by atoms with Gasteiger partial charge in [-0.25, -0.2) is 4.98 Å². The van der Waals surface area contributed by atoms with Gasteiger partial charge in [-0.05, 0) is 19.1 Å². The standard InChI is InChI=1S/C19H15ClN6O3S/c1-2-25-15-6-4-3-5-12(15)17-18(25)22-19(24-23-17)30-10-16(27)21-14-9-11(26(28)29)7-8-13(14)20/h3-9H,2,10H2,1H3,(H,21,27). The van der Waals surface area contributed by atoms with Crippen LogP contribution in [0.4, 0.5) is 11.4 Å². The number of amides is 1. The van der Waals surface area contributed by atoms with Gasteiger partial charge in [0.1, 0.15) is 5.52 Å². The Labute approximate surface area is 179 Å². The highest BCUT2D eigenvalue weighted by atomic mass is 35.5. The van der Waals surface area contributed by atoms with Gasteiger partial charge in [0.05, 0.1) is 26.9 Å². The van der Waals surface area contributed by atoms with Crippen molar-refractivity contribution in [1.29, 1.82) is 0 Å². The summed E-state index contributed by atoms with van der Waals surface area (Å²) in [5.41, 5.74) is 2.46. The summed E-state index contributed by atoms with van der Waals surface area (Å²) in [5, 5.41) is 23.5. The van der Waals surface area contributed by atoms with Crippen LogP contribution < -0.4 is 5.32 Å². The van der Waals surface area contributed by atoms with E-state index in [1.807, 2.05) is 35.8 Å². The summed E-state index contributed by atoms with van der Waals surface area (Å²) in [4.78, 5) is 27.2. The first-order chi connectivity index (χ1) is 14.5. The molecule has 0 saturated heterocycles. The van der Waals surface area contributed by atoms with Crippen LogP contribution in [0.3, 0.4) is 0 Å². The number of nitro benzene ring substituents is 1. The van der Waals surface area contributed by atoms with Crippen LogP contribution in [0.2, 0.25) is 5.02 Å². The third-order valence-electron chi connectivity index (χ3n) is 4.44. The molecule has 9 nitrogen and oxygen atoms in total. The molecule has 30 heavy (non-hydrogen) atoms. The number of carbonyl (C=O) groups is 1. The van der Waals surface area contributed by atoms with E-state index >= 15 is 0 Å². The molecule has 4 rings (SSSR count). The van der Waals surface area contributed by atoms with Crippen molar-refractivity contribution in [2.24, 2.45) is 0 Å². The van der Waals surface area contributed by atoms with Crippen LogP contribution in [0.25, 0.3) is 22.1 Å². The summed E-state index contributed by atoms with van der Waals surface area (Å²) in [7, 11) is 0. The molecule has 0 unspecified atom stereocenters. The van der Waals surface area contributed by atoms with Crippen LogP contribution in [0.1, 0.15) is 6.92 Å². The van der Waals surface area contributed by atoms with Crippen molar-refractivity contribution < 1.29 is 9.72 Å². The Kier molecular flexibility index (Phi) is 5.51. The number of nitrogens with zero attached hydrogens (tertiary/aromatic N) is 5. The number of aryl methyl sites for hydroxylation is 1. The number of anilines is 1. The molecule has 2 heterocycles. The Morgan fingerprint density at radius 3 is 2.83 bits per heavy atom. The molecule has 2 aromatic heterocycles. The van der Waals surface area contributed by atoms with E-state index in [-0.39, 0.29) is 28.1 Å². The predicted octanol–water partition coefficient (Wildman–Crippen LogP) is 4.29. The Balaban J connectivity index is 1.52. The first kappa shape index (κ1) is 20.0. The minimum atomic E-state index is -0.553. The molecule has 152 valence electrons. The number of aromatic nitrogens is 4. The first-order valence-electron chi connectivity index (χ1n) is 8.96. The van der Waals surface area contributed by atoms with E-state index in [9.17, 15) is 14.9 Å². The molecule has 0 aliphatic carbocycles. The summed E-state index contributed by atoms with van der Waals surface area (Å²) in [6, 6.07) is 11.7. The number of fused-ring (bicyclic) bond motifs is 3. The Morgan fingerprint density at radius 1 is 1.27 bits per heavy atom. The van der Waals surface area contributed by atoms with Gasteiger partial charge in [0.15, 0.2) is 5.65 Å². The Hall–Kier alpha value is -3.24. The van der Waals surface area contributed by atoms with Gasteiger partial charge < -0.3 is 9.88 Å². The van der Waals surface area contributed by atoms with Crippen molar-refractivity contribution in [2.45, 2.75) is 18.6 Å². The number of rotatable bonds is 6. The van der Waals surface area contributed by atoms with Gasteiger partial charge >= 0.3 is 0 Å². The van der Waals surface area contributed by atoms with Gasteiger partial charge in [0, 0.05) is 24.1 Å². The molecule has 1 N–H and O–H groups in total. The molecule has 0 atom stereocenters. The number of hydrogen-bond acceptors (Lipinski definition) is 7. The highest BCUT2D eigenvalue weighted by Crippen LogP contribution is 2.28. The zero-order chi connectivity index (χ0) is 21.3. The van der Waals surface area contributed by atoms with E-state index in [0.29, 0.717) is 16.3 Å². The van der Waals surface area contributed by atoms with E-state index < -0.39 is 4.92 Å². The van der Waals surface area contributed by atoms with Gasteiger partial charge in [0.2, 0.25) is 11.1 Å². The summed E-state index contributed by atoms with van der Waals surface area (Å²) in [6.45, 7) is 2.75. The fourth-order valence-corrected chi connectivity index (χ4v) is 3.86. The Bertz CT molecular complexity index is 1290. The summed E-state index contributed by atoms with van der Waals surface area (Å²) >= 11 is 7.14. The summed E-state index contributed by atoms with van der Waals surface area (Å²) in [5.74, 6) is -0.388. The van der Waals surface area contributed by atoms with E-state index in [4.69, 9.17) is 11.6 Å². The molecule has 11 heteroatoms. The van der Waals surface area contributed by atoms with Crippen molar-refractivity contribution >= 4 is 62.7 Å². The molecule has 1 amide bonds. The molecular formula is C19H15ClN6O3S. The maximum atomic E-state index is 12.3. The van der Waals surface area contributed by atoms with Crippen molar-refractivity contribution in [3.63, 3.8) is 0 Å². The van der Waals surface area contributed by atoms with Gasteiger partial charge in [-0.15, -0.1) is 10.2 Å². The van der Waals surface area contributed by atoms with Gasteiger partial charge in [-0.3, -0.25) is 14.9 Å². The second-order valence-electron chi connectivity index (χ2n) is 6.29. The highest BCUT2D eigenvalue weighted by Gasteiger charge is 2.16. The lowest BCUT2D eigenvalue weighted by Crippen LogP contribution is -2.15. The number of thioether (sulfide) groups is 1. The lowest BCUT2D eigenvalue weighted by molar-refractivity contribution is -0.384. The van der Waals surface area contributed by atoms with Crippen LogP contribution in [-0.2, 0) is 11.3 Å². The maximum Gasteiger partial charge on any atom is 0.271 e. The zero-order valence-corrected chi connectivity index (χ0v) is 17.3. The smallest absolute Gasteiger partial charge is 0.271 e. The number of halogens is 1. The first-order valence-corrected chi connectivity index (χ1v) is 10.3. The van der Waals surface area contributed by atoms with Crippen LogP contribution >= 0.6 is 23.4 Å². The molecule has 0 saturated carbocycles. The number of hydrogen-bond donors (Lipinski definition) is 1. The van der Waals surface area contributed by atoms with Crippen LogP contribution in [0.5, 0.6) is 0 Å². The monoisotopic (exact) mass is 442 g/mol. The molecule has 0 aliphatic heterocycles. The van der Waals surface area contributed by atoms with Gasteiger partial charge in [0.25, 0.3) is 5.69 Å². The molecular weight excluding hydrogens is 428 g/mol. The SMILES string of the molecule is CCn1c2ccccc2c2nnc(SCC(=O)Nc3cc([N+](=O)[O-])ccc3Cl)nc21. The molecule has 0 fully saturated rings. The predicted molar refractivity (Wildman–Crippen MR) is 116 cm³/mol. The molecule has 4 aromatic rings. The zero-order valence-electron chi connectivity index (χ0n) is 15.7. The summed E-state index contributed by atoms with van der Waals surface area (Å²) in [6.07, 6.45) is 0. The van der Waals surface area contributed by atoms with Crippen molar-refractivity contribution in [3.05, 3.63) is 57.6 Å². The number of non-ortho nitro benzene ring substituents is 1. The average molecular weight is 443 g/mol. The second-order valence-corrected chi connectivity index (χ2v) is 7.64. The fraction of sp³-hybridized carbons (Fsp3) is 0.158. The van der Waals surface area contributed by atoms with E-state index in [0.717, 1.165) is 29.2 Å². The number of carbonyl (C=O) groups excluding carboxylic acids is 1. The minimum Gasteiger partial charge on any atom is -0.324 e. The van der Waals surface area contributed by atoms with E-state index in [1.165, 1.54) is 18.2 Å². The van der Waals surface area contributed by atoms with Gasteiger partial charge in [-0.2, -0.15) is 0 Å². The minimum absolute atomic E-state index is 0.00143. The molecule has 2 aromatic carbocycles. The normalized spacial score (nSPS) is 11.1. The van der Waals surface area contributed by atoms with E-state index in [1.54, 1.807) is 0 Å². The number of para-hydroxylation sites is 1. The topological polar surface area (TPSA) is 116 Å². The lowest BCUT2D eigenvalue weighted by atomic mass is 10.2. The lowest BCUT2D eigenvalue weighted by Gasteiger charge is -2.07. The van der Waals surface area contributed by atoms with Crippen molar-refractivity contribution in [3.8, 4) is 0 Å². The van der Waals surface area contributed by atoms with Crippen molar-refractivity contribution in [1.82, 2.24) is 19.7 Å². The van der Waals surface area contributed by atoms with Crippen LogP contribution in [0, 0.1) is 10.1 Å².